The Hall–Kier alpha value is -4.27. The van der Waals surface area contributed by atoms with Crippen LogP contribution in [0, 0.1) is 0 Å². The summed E-state index contributed by atoms with van der Waals surface area (Å²) < 4.78 is 6.68. The minimum atomic E-state index is -0.396. The van der Waals surface area contributed by atoms with Crippen molar-refractivity contribution in [3.05, 3.63) is 77.6 Å². The zero-order valence-corrected chi connectivity index (χ0v) is 21.5. The van der Waals surface area contributed by atoms with Gasteiger partial charge in [0.05, 0.1) is 12.9 Å². The molecule has 2 heterocycles. The first-order valence-electron chi connectivity index (χ1n) is 13.2. The molecule has 0 radical (unpaired) electrons. The van der Waals surface area contributed by atoms with Crippen molar-refractivity contribution < 1.29 is 14.3 Å². The molecule has 9 heteroatoms. The van der Waals surface area contributed by atoms with Crippen LogP contribution in [0.4, 0.5) is 11.8 Å². The highest BCUT2D eigenvalue weighted by Gasteiger charge is 2.19. The van der Waals surface area contributed by atoms with Crippen molar-refractivity contribution in [3.63, 3.8) is 0 Å². The predicted octanol–water partition coefficient (Wildman–Crippen LogP) is 5.30. The molecule has 1 aliphatic rings. The molecule has 2 aromatic heterocycles. The number of anilines is 2. The average molecular weight is 513 g/mol. The number of ether oxygens (including phenoxy) is 1. The summed E-state index contributed by atoms with van der Waals surface area (Å²) in [5, 5.41) is 6.12. The molecule has 0 unspecified atom stereocenters. The maximum absolute atomic E-state index is 13.1. The minimum absolute atomic E-state index is 0.0461. The number of benzene rings is 2. The smallest absolute Gasteiger partial charge is 0.326 e. The lowest BCUT2D eigenvalue weighted by Crippen LogP contribution is -2.17. The van der Waals surface area contributed by atoms with E-state index in [2.05, 4.69) is 37.7 Å². The fraction of sp³-hybridized carbons (Fsp3) is 0.345. The summed E-state index contributed by atoms with van der Waals surface area (Å²) in [4.78, 5) is 38.8. The second-order valence-corrected chi connectivity index (χ2v) is 9.50. The molecule has 0 aliphatic heterocycles. The number of esters is 1. The quantitative estimate of drug-likeness (QED) is 0.293. The number of fused-ring (bicyclic) bond motifs is 1. The molecule has 5 rings (SSSR count). The molecule has 2 N–H and O–H groups in total. The van der Waals surface area contributed by atoms with E-state index in [-0.39, 0.29) is 25.0 Å². The fourth-order valence-electron chi connectivity index (χ4n) is 4.88. The van der Waals surface area contributed by atoms with Crippen molar-refractivity contribution in [2.75, 3.05) is 17.2 Å². The second-order valence-electron chi connectivity index (χ2n) is 9.50. The molecule has 1 amide bonds. The van der Waals surface area contributed by atoms with E-state index in [0.29, 0.717) is 35.0 Å². The largest absolute Gasteiger partial charge is 0.465 e. The van der Waals surface area contributed by atoms with Crippen LogP contribution in [0.25, 0.3) is 11.2 Å². The van der Waals surface area contributed by atoms with Crippen LogP contribution in [0.15, 0.2) is 60.9 Å². The number of imidazole rings is 1. The summed E-state index contributed by atoms with van der Waals surface area (Å²) in [6, 6.07) is 17.7. The van der Waals surface area contributed by atoms with Gasteiger partial charge in [0.2, 0.25) is 5.95 Å². The van der Waals surface area contributed by atoms with Gasteiger partial charge in [-0.05, 0) is 48.9 Å². The van der Waals surface area contributed by atoms with Crippen LogP contribution in [0.1, 0.15) is 66.4 Å². The number of nitrogens with zero attached hydrogens (tertiary/aromatic N) is 4. The molecule has 196 valence electrons. The van der Waals surface area contributed by atoms with Gasteiger partial charge >= 0.3 is 5.97 Å². The fourth-order valence-corrected chi connectivity index (χ4v) is 4.88. The van der Waals surface area contributed by atoms with Gasteiger partial charge in [-0.3, -0.25) is 14.9 Å². The molecule has 9 nitrogen and oxygen atoms in total. The zero-order chi connectivity index (χ0) is 26.3. The third-order valence-corrected chi connectivity index (χ3v) is 6.85. The van der Waals surface area contributed by atoms with Crippen molar-refractivity contribution in [2.24, 2.45) is 0 Å². The molecule has 1 saturated carbocycles. The van der Waals surface area contributed by atoms with E-state index < -0.39 is 5.97 Å². The van der Waals surface area contributed by atoms with E-state index in [1.54, 1.807) is 11.5 Å². The third kappa shape index (κ3) is 5.99. The standard InChI is InChI=1S/C29H32N6O3/c1-2-38-24(36)18-35-19-31-25-26(30-17-20-9-5-3-6-10-20)32-29(33-27(25)35)34-28(37)23-15-13-22(14-16-23)21-11-7-4-8-12-21/h3,5-6,9-10,13-16,19,21H,2,4,7-8,11-12,17-18H2,1H3,(H2,30,32,33,34,37). The molecule has 0 saturated heterocycles. The first-order valence-corrected chi connectivity index (χ1v) is 13.2. The number of hydrogen-bond donors (Lipinski definition) is 2. The Morgan fingerprint density at radius 1 is 1.00 bits per heavy atom. The van der Waals surface area contributed by atoms with Crippen molar-refractivity contribution in [1.82, 2.24) is 19.5 Å². The highest BCUT2D eigenvalue weighted by molar-refractivity contribution is 6.04. The molecule has 0 atom stereocenters. The summed E-state index contributed by atoms with van der Waals surface area (Å²) in [5.41, 5.74) is 3.81. The van der Waals surface area contributed by atoms with E-state index in [1.165, 1.54) is 44.0 Å². The van der Waals surface area contributed by atoms with Crippen molar-refractivity contribution in [1.29, 1.82) is 0 Å². The molecule has 0 bridgehead atoms. The maximum Gasteiger partial charge on any atom is 0.326 e. The molecule has 4 aromatic rings. The van der Waals surface area contributed by atoms with Crippen LogP contribution in [0.3, 0.4) is 0 Å². The highest BCUT2D eigenvalue weighted by Crippen LogP contribution is 2.32. The second kappa shape index (κ2) is 11.9. The van der Waals surface area contributed by atoms with Gasteiger partial charge < -0.3 is 14.6 Å². The van der Waals surface area contributed by atoms with Crippen molar-refractivity contribution >= 4 is 34.8 Å². The first kappa shape index (κ1) is 25.4. The van der Waals surface area contributed by atoms with Gasteiger partial charge in [0.25, 0.3) is 5.91 Å². The summed E-state index contributed by atoms with van der Waals surface area (Å²) in [6.45, 7) is 2.50. The lowest BCUT2D eigenvalue weighted by atomic mass is 9.84. The van der Waals surface area contributed by atoms with E-state index in [1.807, 2.05) is 42.5 Å². The van der Waals surface area contributed by atoms with Gasteiger partial charge in [0.1, 0.15) is 6.54 Å². The van der Waals surface area contributed by atoms with Gasteiger partial charge in [-0.25, -0.2) is 4.98 Å². The van der Waals surface area contributed by atoms with Gasteiger partial charge in [-0.1, -0.05) is 61.7 Å². The number of aromatic nitrogens is 4. The van der Waals surface area contributed by atoms with Gasteiger partial charge in [0, 0.05) is 12.1 Å². The first-order chi connectivity index (χ1) is 18.6. The number of amides is 1. The van der Waals surface area contributed by atoms with E-state index >= 15 is 0 Å². The van der Waals surface area contributed by atoms with Gasteiger partial charge in [-0.2, -0.15) is 9.97 Å². The normalized spacial score (nSPS) is 13.8. The Bertz CT molecular complexity index is 1400. The monoisotopic (exact) mass is 512 g/mol. The zero-order valence-electron chi connectivity index (χ0n) is 21.5. The molecule has 38 heavy (non-hydrogen) atoms. The van der Waals surface area contributed by atoms with Crippen LogP contribution in [-0.4, -0.2) is 38.0 Å². The van der Waals surface area contributed by atoms with Gasteiger partial charge in [-0.15, -0.1) is 0 Å². The van der Waals surface area contributed by atoms with Crippen LogP contribution in [0.5, 0.6) is 0 Å². The maximum atomic E-state index is 13.1. The Morgan fingerprint density at radius 3 is 2.50 bits per heavy atom. The minimum Gasteiger partial charge on any atom is -0.465 e. The average Bonchev–Trinajstić information content (AvgIpc) is 3.35. The SMILES string of the molecule is CCOC(=O)Cn1cnc2c(NCc3ccccc3)nc(NC(=O)c3ccc(C4CCCCC4)cc3)nc21. The van der Waals surface area contributed by atoms with Crippen LogP contribution >= 0.6 is 0 Å². The number of rotatable bonds is 9. The molecule has 0 spiro atoms. The lowest BCUT2D eigenvalue weighted by molar-refractivity contribution is -0.143. The molecule has 1 aliphatic carbocycles. The summed E-state index contributed by atoms with van der Waals surface area (Å²) in [7, 11) is 0. The highest BCUT2D eigenvalue weighted by atomic mass is 16.5. The topological polar surface area (TPSA) is 111 Å². The predicted molar refractivity (Wildman–Crippen MR) is 146 cm³/mol. The third-order valence-electron chi connectivity index (χ3n) is 6.85. The van der Waals surface area contributed by atoms with E-state index in [0.717, 1.165) is 5.56 Å². The van der Waals surface area contributed by atoms with Crippen LogP contribution in [-0.2, 0) is 22.6 Å². The number of carbonyl (C=O) groups excluding carboxylic acids is 2. The van der Waals surface area contributed by atoms with Crippen molar-refractivity contribution in [2.45, 2.75) is 58.0 Å². The van der Waals surface area contributed by atoms with E-state index in [4.69, 9.17) is 4.74 Å². The van der Waals surface area contributed by atoms with Crippen LogP contribution < -0.4 is 10.6 Å². The summed E-state index contributed by atoms with van der Waals surface area (Å²) in [5.74, 6) is 0.465. The Kier molecular flexibility index (Phi) is 7.92. The molecule has 1 fully saturated rings. The van der Waals surface area contributed by atoms with Gasteiger partial charge in [0.15, 0.2) is 17.0 Å². The van der Waals surface area contributed by atoms with Crippen LogP contribution in [0.2, 0.25) is 0 Å². The lowest BCUT2D eigenvalue weighted by Gasteiger charge is -2.22. The molecular formula is C29H32N6O3. The molecular weight excluding hydrogens is 480 g/mol. The van der Waals surface area contributed by atoms with E-state index in [9.17, 15) is 9.59 Å². The number of carbonyl (C=O) groups is 2. The summed E-state index contributed by atoms with van der Waals surface area (Å²) >= 11 is 0. The summed E-state index contributed by atoms with van der Waals surface area (Å²) in [6.07, 6.45) is 7.78. The van der Waals surface area contributed by atoms with Crippen molar-refractivity contribution in [3.8, 4) is 0 Å². The Labute approximate surface area is 221 Å². The Morgan fingerprint density at radius 2 is 1.76 bits per heavy atom. The molecule has 2 aromatic carbocycles. The number of hydrogen-bond acceptors (Lipinski definition) is 7. The number of nitrogens with one attached hydrogen (secondary N) is 2. The Balaban J connectivity index is 1.39.